The van der Waals surface area contributed by atoms with Crippen molar-refractivity contribution in [1.82, 2.24) is 0 Å². The molecule has 0 fully saturated rings. The first-order valence-electron chi connectivity index (χ1n) is 6.12. The van der Waals surface area contributed by atoms with E-state index in [1.807, 2.05) is 12.1 Å². The van der Waals surface area contributed by atoms with Gasteiger partial charge in [0, 0.05) is 4.11 Å². The fourth-order valence-electron chi connectivity index (χ4n) is 1.91. The van der Waals surface area contributed by atoms with Gasteiger partial charge in [0.2, 0.25) is 0 Å². The Kier molecular flexibility index (Phi) is 1.18. The molecule has 0 aliphatic heterocycles. The van der Waals surface area contributed by atoms with Crippen LogP contribution in [0.25, 0.3) is 6.08 Å². The molecule has 0 aromatic heterocycles. The lowest BCUT2D eigenvalue weighted by atomic mass is 9.75. The molecule has 0 saturated carbocycles. The number of rotatable bonds is 0. The third-order valence-electron chi connectivity index (χ3n) is 2.71. The van der Waals surface area contributed by atoms with Gasteiger partial charge in [-0.1, -0.05) is 49.8 Å². The average molecular weight is 175 g/mol. The van der Waals surface area contributed by atoms with E-state index in [9.17, 15) is 0 Å². The van der Waals surface area contributed by atoms with Crippen LogP contribution in [-0.2, 0) is 5.41 Å². The molecule has 0 heterocycles. The normalized spacial score (nSPS) is 22.8. The Morgan fingerprint density at radius 2 is 2.23 bits per heavy atom. The molecular weight excluding hydrogens is 156 g/mol. The second kappa shape index (κ2) is 2.73. The van der Waals surface area contributed by atoms with Crippen LogP contribution in [0.2, 0.25) is 0 Å². The van der Waals surface area contributed by atoms with Gasteiger partial charge in [0.25, 0.3) is 0 Å². The van der Waals surface area contributed by atoms with Crippen LogP contribution in [0, 0.1) is 6.85 Å². The molecule has 0 radical (unpaired) electrons. The van der Waals surface area contributed by atoms with Crippen molar-refractivity contribution >= 4 is 6.08 Å². The predicted molar refractivity (Wildman–Crippen MR) is 57.9 cm³/mol. The van der Waals surface area contributed by atoms with Crippen LogP contribution in [0.4, 0.5) is 0 Å². The van der Waals surface area contributed by atoms with E-state index in [2.05, 4.69) is 19.9 Å². The first kappa shape index (κ1) is 5.64. The summed E-state index contributed by atoms with van der Waals surface area (Å²) in [5.74, 6) is 0. The molecule has 0 heteroatoms. The quantitative estimate of drug-likeness (QED) is 0.564. The standard InChI is InChI=1S/C13H16/c1-10-6-7-12-11(9-10)5-4-8-13(12,2)3/h4-7,9H,8H2,1-3H3/i1D3. The van der Waals surface area contributed by atoms with Crippen molar-refractivity contribution in [3.63, 3.8) is 0 Å². The van der Waals surface area contributed by atoms with Gasteiger partial charge in [0.15, 0.2) is 0 Å². The van der Waals surface area contributed by atoms with Crippen molar-refractivity contribution < 1.29 is 4.11 Å². The lowest BCUT2D eigenvalue weighted by molar-refractivity contribution is 0.529. The maximum atomic E-state index is 7.40. The van der Waals surface area contributed by atoms with Gasteiger partial charge in [0.05, 0.1) is 0 Å². The summed E-state index contributed by atoms with van der Waals surface area (Å²) < 4.78 is 22.2. The molecule has 0 nitrogen and oxygen atoms in total. The van der Waals surface area contributed by atoms with Gasteiger partial charge < -0.3 is 0 Å². The van der Waals surface area contributed by atoms with Crippen molar-refractivity contribution in [1.29, 1.82) is 0 Å². The second-order valence-corrected chi connectivity index (χ2v) is 4.29. The number of fused-ring (bicyclic) bond motifs is 1. The summed E-state index contributed by atoms with van der Waals surface area (Å²) in [4.78, 5) is 0. The van der Waals surface area contributed by atoms with E-state index in [4.69, 9.17) is 4.11 Å². The maximum absolute atomic E-state index is 7.40. The van der Waals surface area contributed by atoms with Crippen LogP contribution in [0.15, 0.2) is 24.3 Å². The summed E-state index contributed by atoms with van der Waals surface area (Å²) in [7, 11) is 0. The summed E-state index contributed by atoms with van der Waals surface area (Å²) >= 11 is 0. The van der Waals surface area contributed by atoms with Gasteiger partial charge in [-0.2, -0.15) is 0 Å². The van der Waals surface area contributed by atoms with Gasteiger partial charge in [-0.3, -0.25) is 0 Å². The molecule has 0 N–H and O–H groups in total. The molecular formula is C13H16. The highest BCUT2D eigenvalue weighted by atomic mass is 14.3. The highest BCUT2D eigenvalue weighted by Crippen LogP contribution is 2.35. The SMILES string of the molecule is [2H]C([2H])([2H])c1ccc2c(c1)C=CCC2(C)C. The summed E-state index contributed by atoms with van der Waals surface area (Å²) in [6.45, 7) is 2.36. The Morgan fingerprint density at radius 1 is 1.38 bits per heavy atom. The van der Waals surface area contributed by atoms with Gasteiger partial charge >= 0.3 is 0 Å². The molecule has 2 rings (SSSR count). The van der Waals surface area contributed by atoms with Gasteiger partial charge in [-0.25, -0.2) is 0 Å². The number of hydrogen-bond donors (Lipinski definition) is 0. The summed E-state index contributed by atoms with van der Waals surface area (Å²) in [5.41, 5.74) is 2.82. The van der Waals surface area contributed by atoms with Crippen LogP contribution < -0.4 is 0 Å². The number of allylic oxidation sites excluding steroid dienone is 1. The van der Waals surface area contributed by atoms with E-state index < -0.39 is 6.85 Å². The zero-order valence-electron chi connectivity index (χ0n) is 11.1. The monoisotopic (exact) mass is 175 g/mol. The fourth-order valence-corrected chi connectivity index (χ4v) is 1.91. The lowest BCUT2D eigenvalue weighted by Crippen LogP contribution is -2.19. The van der Waals surface area contributed by atoms with Crippen molar-refractivity contribution in [3.05, 3.63) is 41.0 Å². The zero-order chi connectivity index (χ0) is 12.0. The Hall–Kier alpha value is -1.04. The second-order valence-electron chi connectivity index (χ2n) is 4.29. The highest BCUT2D eigenvalue weighted by Gasteiger charge is 2.23. The van der Waals surface area contributed by atoms with E-state index in [1.54, 1.807) is 12.1 Å². The molecule has 0 unspecified atom stereocenters. The first-order valence-corrected chi connectivity index (χ1v) is 4.62. The molecule has 1 aromatic rings. The van der Waals surface area contributed by atoms with Gasteiger partial charge in [-0.15, -0.1) is 0 Å². The van der Waals surface area contributed by atoms with Gasteiger partial charge in [-0.05, 0) is 29.8 Å². The van der Waals surface area contributed by atoms with Crippen LogP contribution >= 0.6 is 0 Å². The van der Waals surface area contributed by atoms with Crippen LogP contribution in [0.3, 0.4) is 0 Å². The van der Waals surface area contributed by atoms with E-state index in [0.29, 0.717) is 5.56 Å². The molecule has 1 aliphatic carbocycles. The minimum absolute atomic E-state index is 0.108. The Morgan fingerprint density at radius 3 is 3.00 bits per heavy atom. The first-order chi connectivity index (χ1) is 7.31. The van der Waals surface area contributed by atoms with Gasteiger partial charge in [0.1, 0.15) is 0 Å². The topological polar surface area (TPSA) is 0 Å². The molecule has 0 spiro atoms. The predicted octanol–water partition coefficient (Wildman–Crippen LogP) is 3.69. The minimum atomic E-state index is -2.01. The van der Waals surface area contributed by atoms with Crippen molar-refractivity contribution in [2.24, 2.45) is 0 Å². The largest absolute Gasteiger partial charge is 0.0831 e. The lowest BCUT2D eigenvalue weighted by Gasteiger charge is -2.29. The van der Waals surface area contributed by atoms with E-state index in [1.165, 1.54) is 5.56 Å². The molecule has 0 bridgehead atoms. The van der Waals surface area contributed by atoms with Crippen molar-refractivity contribution in [3.8, 4) is 0 Å². The molecule has 0 amide bonds. The Balaban J connectivity index is 2.54. The smallest absolute Gasteiger partial charge is 0.0280 e. The molecule has 0 atom stereocenters. The summed E-state index contributed by atoms with van der Waals surface area (Å²) in [6.07, 6.45) is 5.15. The van der Waals surface area contributed by atoms with Crippen molar-refractivity contribution in [2.45, 2.75) is 32.5 Å². The number of hydrogen-bond acceptors (Lipinski definition) is 0. The molecule has 0 saturated heterocycles. The third-order valence-corrected chi connectivity index (χ3v) is 2.71. The Labute approximate surface area is 84.5 Å². The summed E-state index contributed by atoms with van der Waals surface area (Å²) in [6, 6.07) is 5.48. The minimum Gasteiger partial charge on any atom is -0.0831 e. The number of aryl methyl sites for hydroxylation is 1. The Bertz CT molecular complexity index is 439. The zero-order valence-corrected chi connectivity index (χ0v) is 8.09. The fraction of sp³-hybridized carbons (Fsp3) is 0.385. The molecule has 13 heavy (non-hydrogen) atoms. The van der Waals surface area contributed by atoms with Crippen LogP contribution in [0.1, 0.15) is 41.1 Å². The van der Waals surface area contributed by atoms with E-state index in [-0.39, 0.29) is 5.41 Å². The van der Waals surface area contributed by atoms with Crippen LogP contribution in [-0.4, -0.2) is 0 Å². The summed E-state index contributed by atoms with van der Waals surface area (Å²) in [5, 5.41) is 0. The van der Waals surface area contributed by atoms with E-state index >= 15 is 0 Å². The molecule has 1 aliphatic rings. The van der Waals surface area contributed by atoms with E-state index in [0.717, 1.165) is 12.0 Å². The van der Waals surface area contributed by atoms with Crippen molar-refractivity contribution in [2.75, 3.05) is 0 Å². The molecule has 1 aromatic carbocycles. The third kappa shape index (κ3) is 1.41. The number of benzene rings is 1. The highest BCUT2D eigenvalue weighted by molar-refractivity contribution is 5.59. The maximum Gasteiger partial charge on any atom is 0.0280 e. The van der Waals surface area contributed by atoms with Crippen LogP contribution in [0.5, 0.6) is 0 Å². The molecule has 68 valence electrons. The average Bonchev–Trinajstić information content (AvgIpc) is 2.15.